The molecular weight excluding hydrogens is 298 g/mol. The molecule has 22 heavy (non-hydrogen) atoms. The standard InChI is InChI=1S/C17H25NO3S/c1-11(2)9-15(22)14(10-13-7-5-4-6-8-13)16(19)18-12(3)17(20)21/h4-8,11-12,14-15,22H,9-10H2,1-3H3,(H,18,19)(H,20,21)/t12-,14+,15-/m0/s1. The highest BCUT2D eigenvalue weighted by Gasteiger charge is 2.28. The van der Waals surface area contributed by atoms with Gasteiger partial charge < -0.3 is 10.4 Å². The van der Waals surface area contributed by atoms with E-state index in [2.05, 4.69) is 31.8 Å². The van der Waals surface area contributed by atoms with Crippen LogP contribution in [0.2, 0.25) is 0 Å². The van der Waals surface area contributed by atoms with Crippen LogP contribution in [-0.4, -0.2) is 28.3 Å². The number of rotatable bonds is 8. The van der Waals surface area contributed by atoms with Gasteiger partial charge in [-0.2, -0.15) is 12.6 Å². The average Bonchev–Trinajstić information content (AvgIpc) is 2.44. The number of carboxylic acids is 1. The van der Waals surface area contributed by atoms with Gasteiger partial charge in [-0.1, -0.05) is 44.2 Å². The number of benzene rings is 1. The minimum atomic E-state index is -1.04. The monoisotopic (exact) mass is 323 g/mol. The van der Waals surface area contributed by atoms with Crippen molar-refractivity contribution in [2.75, 3.05) is 0 Å². The number of nitrogens with one attached hydrogen (secondary N) is 1. The molecule has 0 heterocycles. The summed E-state index contributed by atoms with van der Waals surface area (Å²) in [6, 6.07) is 8.83. The van der Waals surface area contributed by atoms with Crippen molar-refractivity contribution in [3.05, 3.63) is 35.9 Å². The van der Waals surface area contributed by atoms with Crippen LogP contribution in [0.5, 0.6) is 0 Å². The molecule has 4 nitrogen and oxygen atoms in total. The predicted octanol–water partition coefficient (Wildman–Crippen LogP) is 2.78. The van der Waals surface area contributed by atoms with Gasteiger partial charge in [-0.25, -0.2) is 0 Å². The largest absolute Gasteiger partial charge is 0.480 e. The molecule has 0 aliphatic rings. The van der Waals surface area contributed by atoms with E-state index >= 15 is 0 Å². The van der Waals surface area contributed by atoms with Crippen LogP contribution in [0.3, 0.4) is 0 Å². The van der Waals surface area contributed by atoms with Crippen molar-refractivity contribution in [2.24, 2.45) is 11.8 Å². The van der Waals surface area contributed by atoms with E-state index in [0.29, 0.717) is 12.3 Å². The third kappa shape index (κ3) is 6.10. The van der Waals surface area contributed by atoms with Crippen molar-refractivity contribution in [3.8, 4) is 0 Å². The zero-order valence-corrected chi connectivity index (χ0v) is 14.2. The fourth-order valence-electron chi connectivity index (χ4n) is 2.30. The van der Waals surface area contributed by atoms with Gasteiger partial charge in [-0.05, 0) is 31.2 Å². The molecule has 0 aromatic heterocycles. The van der Waals surface area contributed by atoms with Crippen molar-refractivity contribution in [1.29, 1.82) is 0 Å². The molecule has 2 N–H and O–H groups in total. The lowest BCUT2D eigenvalue weighted by molar-refractivity contribution is -0.141. The molecule has 0 fully saturated rings. The number of hydrogen-bond acceptors (Lipinski definition) is 3. The van der Waals surface area contributed by atoms with E-state index in [4.69, 9.17) is 5.11 Å². The smallest absolute Gasteiger partial charge is 0.325 e. The molecule has 1 aromatic rings. The molecule has 1 rings (SSSR count). The first-order valence-corrected chi connectivity index (χ1v) is 8.08. The number of thiol groups is 1. The van der Waals surface area contributed by atoms with Gasteiger partial charge in [0.1, 0.15) is 6.04 Å². The molecule has 0 unspecified atom stereocenters. The Bertz CT molecular complexity index is 490. The number of carboxylic acid groups (broad SMARTS) is 1. The molecular formula is C17H25NO3S. The Balaban J connectivity index is 2.85. The number of amides is 1. The Hall–Kier alpha value is -1.49. The van der Waals surface area contributed by atoms with Crippen molar-refractivity contribution >= 4 is 24.5 Å². The van der Waals surface area contributed by atoms with E-state index < -0.39 is 12.0 Å². The summed E-state index contributed by atoms with van der Waals surface area (Å²) in [6.07, 6.45) is 1.36. The highest BCUT2D eigenvalue weighted by atomic mass is 32.1. The Morgan fingerprint density at radius 2 is 1.77 bits per heavy atom. The molecule has 0 saturated heterocycles. The Morgan fingerprint density at radius 1 is 1.18 bits per heavy atom. The summed E-state index contributed by atoms with van der Waals surface area (Å²) < 4.78 is 0. The summed E-state index contributed by atoms with van der Waals surface area (Å²) in [7, 11) is 0. The fraction of sp³-hybridized carbons (Fsp3) is 0.529. The quantitative estimate of drug-likeness (QED) is 0.645. The SMILES string of the molecule is CC(C)C[C@H](S)[C@@H](Cc1ccccc1)C(=O)N[C@@H](C)C(=O)O. The molecule has 0 saturated carbocycles. The van der Waals surface area contributed by atoms with Crippen molar-refractivity contribution < 1.29 is 14.7 Å². The topological polar surface area (TPSA) is 66.4 Å². The van der Waals surface area contributed by atoms with Crippen LogP contribution in [0.15, 0.2) is 30.3 Å². The van der Waals surface area contributed by atoms with E-state index in [0.717, 1.165) is 12.0 Å². The first kappa shape index (κ1) is 18.6. The lowest BCUT2D eigenvalue weighted by Gasteiger charge is -2.25. The lowest BCUT2D eigenvalue weighted by atomic mass is 9.90. The minimum Gasteiger partial charge on any atom is -0.480 e. The van der Waals surface area contributed by atoms with Crippen LogP contribution in [0.4, 0.5) is 0 Å². The number of aliphatic carboxylic acids is 1. The van der Waals surface area contributed by atoms with Crippen molar-refractivity contribution in [1.82, 2.24) is 5.32 Å². The average molecular weight is 323 g/mol. The maximum atomic E-state index is 12.5. The summed E-state index contributed by atoms with van der Waals surface area (Å²) in [5.41, 5.74) is 1.05. The number of hydrogen-bond donors (Lipinski definition) is 3. The van der Waals surface area contributed by atoms with Crippen molar-refractivity contribution in [3.63, 3.8) is 0 Å². The van der Waals surface area contributed by atoms with Crippen LogP contribution in [0, 0.1) is 11.8 Å². The Morgan fingerprint density at radius 3 is 2.27 bits per heavy atom. The zero-order chi connectivity index (χ0) is 16.7. The second-order valence-electron chi connectivity index (χ2n) is 6.06. The highest BCUT2D eigenvalue weighted by Crippen LogP contribution is 2.23. The molecule has 0 aliphatic heterocycles. The maximum Gasteiger partial charge on any atom is 0.325 e. The Labute approximate surface area is 137 Å². The first-order chi connectivity index (χ1) is 10.3. The molecule has 1 amide bonds. The summed E-state index contributed by atoms with van der Waals surface area (Å²) in [5.74, 6) is -1.22. The molecule has 0 spiro atoms. The zero-order valence-electron chi connectivity index (χ0n) is 13.3. The normalized spacial score (nSPS) is 15.1. The summed E-state index contributed by atoms with van der Waals surface area (Å²) >= 11 is 4.60. The van der Waals surface area contributed by atoms with Gasteiger partial charge in [-0.3, -0.25) is 9.59 Å². The van der Waals surface area contributed by atoms with E-state index in [9.17, 15) is 9.59 Å². The second kappa shape index (κ2) is 8.83. The molecule has 1 aromatic carbocycles. The van der Waals surface area contributed by atoms with Gasteiger partial charge in [0.15, 0.2) is 0 Å². The third-order valence-electron chi connectivity index (χ3n) is 3.54. The second-order valence-corrected chi connectivity index (χ2v) is 6.72. The maximum absolute atomic E-state index is 12.5. The molecule has 0 aliphatic carbocycles. The van der Waals surface area contributed by atoms with Crippen LogP contribution in [-0.2, 0) is 16.0 Å². The van der Waals surface area contributed by atoms with Crippen LogP contribution < -0.4 is 5.32 Å². The van der Waals surface area contributed by atoms with Gasteiger partial charge in [-0.15, -0.1) is 0 Å². The van der Waals surface area contributed by atoms with Gasteiger partial charge in [0.25, 0.3) is 0 Å². The molecule has 5 heteroatoms. The van der Waals surface area contributed by atoms with Crippen LogP contribution >= 0.6 is 12.6 Å². The van der Waals surface area contributed by atoms with Gasteiger partial charge in [0.2, 0.25) is 5.91 Å². The van der Waals surface area contributed by atoms with E-state index in [-0.39, 0.29) is 17.1 Å². The predicted molar refractivity (Wildman–Crippen MR) is 91.1 cm³/mol. The first-order valence-electron chi connectivity index (χ1n) is 7.56. The van der Waals surface area contributed by atoms with Crippen LogP contribution in [0.25, 0.3) is 0 Å². The van der Waals surface area contributed by atoms with Gasteiger partial charge >= 0.3 is 5.97 Å². The summed E-state index contributed by atoms with van der Waals surface area (Å²) in [6.45, 7) is 5.64. The highest BCUT2D eigenvalue weighted by molar-refractivity contribution is 7.81. The lowest BCUT2D eigenvalue weighted by Crippen LogP contribution is -2.44. The minimum absolute atomic E-state index is 0.110. The Kier molecular flexibility index (Phi) is 7.45. The number of carbonyl (C=O) groups excluding carboxylic acids is 1. The molecule has 0 radical (unpaired) electrons. The summed E-state index contributed by atoms with van der Waals surface area (Å²) in [5, 5.41) is 11.4. The van der Waals surface area contributed by atoms with Gasteiger partial charge in [0.05, 0.1) is 5.92 Å². The van der Waals surface area contributed by atoms with E-state index in [1.54, 1.807) is 0 Å². The van der Waals surface area contributed by atoms with Gasteiger partial charge in [0, 0.05) is 5.25 Å². The molecule has 3 atom stereocenters. The number of carbonyl (C=O) groups is 2. The van der Waals surface area contributed by atoms with E-state index in [1.165, 1.54) is 6.92 Å². The summed E-state index contributed by atoms with van der Waals surface area (Å²) in [4.78, 5) is 23.4. The molecule has 122 valence electrons. The molecule has 0 bridgehead atoms. The fourth-order valence-corrected chi connectivity index (χ4v) is 2.96. The van der Waals surface area contributed by atoms with Crippen molar-refractivity contribution in [2.45, 2.75) is 44.9 Å². The van der Waals surface area contributed by atoms with Crippen LogP contribution in [0.1, 0.15) is 32.8 Å². The van der Waals surface area contributed by atoms with E-state index in [1.807, 2.05) is 30.3 Å². The third-order valence-corrected chi connectivity index (χ3v) is 4.11.